The molecule has 0 saturated heterocycles. The first kappa shape index (κ1) is 13.3. The lowest BCUT2D eigenvalue weighted by molar-refractivity contribution is 0.249. The number of hydrogen-bond donors (Lipinski definition) is 2. The highest BCUT2D eigenvalue weighted by Gasteiger charge is 2.43. The van der Waals surface area contributed by atoms with Gasteiger partial charge in [0.15, 0.2) is 0 Å². The normalized spacial score (nSPS) is 24.8. The summed E-state index contributed by atoms with van der Waals surface area (Å²) in [6.07, 6.45) is 7.66. The van der Waals surface area contributed by atoms with Gasteiger partial charge in [-0.25, -0.2) is 13.1 Å². The minimum atomic E-state index is -3.13. The average molecular weight is 261 g/mol. The van der Waals surface area contributed by atoms with Crippen LogP contribution in [-0.4, -0.2) is 31.9 Å². The predicted octanol–water partition coefficient (Wildman–Crippen LogP) is 1.40. The van der Waals surface area contributed by atoms with Gasteiger partial charge in [-0.1, -0.05) is 19.3 Å². The van der Waals surface area contributed by atoms with E-state index in [0.717, 1.165) is 44.9 Å². The van der Waals surface area contributed by atoms with Crippen molar-refractivity contribution in [3.05, 3.63) is 0 Å². The van der Waals surface area contributed by atoms with Crippen LogP contribution in [0.2, 0.25) is 0 Å². The highest BCUT2D eigenvalue weighted by Crippen LogP contribution is 2.48. The maximum atomic E-state index is 12.1. The average Bonchev–Trinajstić information content (AvgIpc) is 3.09. The quantitative estimate of drug-likeness (QED) is 0.759. The molecule has 4 nitrogen and oxygen atoms in total. The minimum absolute atomic E-state index is 0.0660. The zero-order valence-electron chi connectivity index (χ0n) is 10.3. The molecule has 0 aliphatic heterocycles. The van der Waals surface area contributed by atoms with Crippen LogP contribution in [0.15, 0.2) is 0 Å². The lowest BCUT2D eigenvalue weighted by atomic mass is 10.0. The van der Waals surface area contributed by atoms with Gasteiger partial charge in [0.2, 0.25) is 10.0 Å². The van der Waals surface area contributed by atoms with Gasteiger partial charge < -0.3 is 5.11 Å². The molecule has 0 spiro atoms. The van der Waals surface area contributed by atoms with Gasteiger partial charge in [0.05, 0.1) is 5.25 Å². The molecule has 5 heteroatoms. The van der Waals surface area contributed by atoms with E-state index in [-0.39, 0.29) is 17.3 Å². The monoisotopic (exact) mass is 261 g/mol. The van der Waals surface area contributed by atoms with E-state index >= 15 is 0 Å². The van der Waals surface area contributed by atoms with Crippen molar-refractivity contribution in [2.45, 2.75) is 56.6 Å². The zero-order valence-corrected chi connectivity index (χ0v) is 11.1. The van der Waals surface area contributed by atoms with Crippen molar-refractivity contribution in [1.29, 1.82) is 0 Å². The summed E-state index contributed by atoms with van der Waals surface area (Å²) in [6.45, 7) is 0.678. The van der Waals surface area contributed by atoms with Crippen LogP contribution in [0.25, 0.3) is 0 Å². The molecule has 0 heterocycles. The Balaban J connectivity index is 1.84. The maximum Gasteiger partial charge on any atom is 0.214 e. The van der Waals surface area contributed by atoms with E-state index in [1.807, 2.05) is 0 Å². The molecule has 2 saturated carbocycles. The van der Waals surface area contributed by atoms with Gasteiger partial charge in [-0.05, 0) is 37.5 Å². The van der Waals surface area contributed by atoms with E-state index in [1.54, 1.807) is 0 Å². The molecule has 0 radical (unpaired) electrons. The van der Waals surface area contributed by atoms with Crippen LogP contribution < -0.4 is 4.72 Å². The first-order chi connectivity index (χ1) is 8.08. The summed E-state index contributed by atoms with van der Waals surface area (Å²) >= 11 is 0. The summed E-state index contributed by atoms with van der Waals surface area (Å²) in [6, 6.07) is 0. The van der Waals surface area contributed by atoms with E-state index in [1.165, 1.54) is 6.42 Å². The van der Waals surface area contributed by atoms with Crippen LogP contribution in [0.4, 0.5) is 0 Å². The molecular weight excluding hydrogens is 238 g/mol. The summed E-state index contributed by atoms with van der Waals surface area (Å²) in [5.74, 6) is 0. The summed E-state index contributed by atoms with van der Waals surface area (Å²) in [5, 5.41) is 8.76. The van der Waals surface area contributed by atoms with Crippen LogP contribution >= 0.6 is 0 Å². The van der Waals surface area contributed by atoms with Gasteiger partial charge in [0.25, 0.3) is 0 Å². The van der Waals surface area contributed by atoms with Crippen molar-refractivity contribution >= 4 is 10.0 Å². The molecule has 2 aliphatic carbocycles. The van der Waals surface area contributed by atoms with Crippen LogP contribution in [-0.2, 0) is 10.0 Å². The molecule has 100 valence electrons. The van der Waals surface area contributed by atoms with Crippen LogP contribution in [0, 0.1) is 5.41 Å². The molecule has 0 aromatic carbocycles. The first-order valence-electron chi connectivity index (χ1n) is 6.67. The summed E-state index contributed by atoms with van der Waals surface area (Å²) in [7, 11) is -3.13. The van der Waals surface area contributed by atoms with Crippen LogP contribution in [0.5, 0.6) is 0 Å². The topological polar surface area (TPSA) is 66.4 Å². The Kier molecular flexibility index (Phi) is 4.10. The van der Waals surface area contributed by atoms with Gasteiger partial charge >= 0.3 is 0 Å². The highest BCUT2D eigenvalue weighted by molar-refractivity contribution is 7.90. The summed E-state index contributed by atoms with van der Waals surface area (Å²) in [5.41, 5.74) is 0.0660. The predicted molar refractivity (Wildman–Crippen MR) is 67.2 cm³/mol. The van der Waals surface area contributed by atoms with Gasteiger partial charge in [-0.2, -0.15) is 0 Å². The fraction of sp³-hybridized carbons (Fsp3) is 1.00. The molecule has 2 fully saturated rings. The Labute approximate surface area is 104 Å². The molecule has 0 aromatic rings. The third-order valence-electron chi connectivity index (χ3n) is 4.24. The van der Waals surface area contributed by atoms with Crippen molar-refractivity contribution in [3.8, 4) is 0 Å². The van der Waals surface area contributed by atoms with Crippen molar-refractivity contribution in [3.63, 3.8) is 0 Å². The fourth-order valence-electron chi connectivity index (χ4n) is 2.68. The molecule has 2 rings (SSSR count). The van der Waals surface area contributed by atoms with Crippen molar-refractivity contribution in [1.82, 2.24) is 4.72 Å². The van der Waals surface area contributed by atoms with Gasteiger partial charge in [-0.3, -0.25) is 0 Å². The van der Waals surface area contributed by atoms with Crippen LogP contribution in [0.1, 0.15) is 51.4 Å². The molecule has 0 unspecified atom stereocenters. The van der Waals surface area contributed by atoms with Crippen molar-refractivity contribution < 1.29 is 13.5 Å². The Morgan fingerprint density at radius 2 is 1.82 bits per heavy atom. The molecule has 17 heavy (non-hydrogen) atoms. The van der Waals surface area contributed by atoms with Gasteiger partial charge in [-0.15, -0.1) is 0 Å². The smallest absolute Gasteiger partial charge is 0.214 e. The molecule has 0 atom stereocenters. The molecule has 0 bridgehead atoms. The van der Waals surface area contributed by atoms with Gasteiger partial charge in [0.1, 0.15) is 0 Å². The molecule has 2 aliphatic rings. The number of nitrogens with one attached hydrogen (secondary N) is 1. The standard InChI is InChI=1S/C12H23NO3S/c14-9-8-12(6-7-12)10-13-17(15,16)11-4-2-1-3-5-11/h11,13-14H,1-10H2. The third-order valence-corrected chi connectivity index (χ3v) is 6.13. The second-order valence-corrected chi connectivity index (χ2v) is 7.65. The number of aliphatic hydroxyl groups is 1. The van der Waals surface area contributed by atoms with Gasteiger partial charge in [0, 0.05) is 13.2 Å². The van der Waals surface area contributed by atoms with E-state index in [9.17, 15) is 8.42 Å². The minimum Gasteiger partial charge on any atom is -0.396 e. The number of aliphatic hydroxyl groups excluding tert-OH is 1. The Bertz CT molecular complexity index is 343. The first-order valence-corrected chi connectivity index (χ1v) is 8.22. The lowest BCUT2D eigenvalue weighted by Gasteiger charge is -2.23. The SMILES string of the molecule is O=S(=O)(NCC1(CCO)CC1)C1CCCCC1. The number of sulfonamides is 1. The van der Waals surface area contributed by atoms with E-state index < -0.39 is 10.0 Å². The second kappa shape index (κ2) is 5.24. The zero-order chi connectivity index (χ0) is 12.4. The Hall–Kier alpha value is -0.130. The Morgan fingerprint density at radius 3 is 2.35 bits per heavy atom. The molecule has 0 aromatic heterocycles. The molecule has 2 N–H and O–H groups in total. The van der Waals surface area contributed by atoms with Crippen molar-refractivity contribution in [2.75, 3.05) is 13.2 Å². The van der Waals surface area contributed by atoms with E-state index in [4.69, 9.17) is 5.11 Å². The molecule has 0 amide bonds. The maximum absolute atomic E-state index is 12.1. The van der Waals surface area contributed by atoms with Crippen molar-refractivity contribution in [2.24, 2.45) is 5.41 Å². The van der Waals surface area contributed by atoms with Crippen LogP contribution in [0.3, 0.4) is 0 Å². The largest absolute Gasteiger partial charge is 0.396 e. The van der Waals surface area contributed by atoms with E-state index in [2.05, 4.69) is 4.72 Å². The lowest BCUT2D eigenvalue weighted by Crippen LogP contribution is -2.38. The third kappa shape index (κ3) is 3.42. The molecular formula is C12H23NO3S. The Morgan fingerprint density at radius 1 is 1.18 bits per heavy atom. The van der Waals surface area contributed by atoms with E-state index in [0.29, 0.717) is 6.54 Å². The fourth-order valence-corrected chi connectivity index (χ4v) is 4.37. The summed E-state index contributed by atoms with van der Waals surface area (Å²) in [4.78, 5) is 0. The highest BCUT2D eigenvalue weighted by atomic mass is 32.2. The number of rotatable bonds is 6. The number of hydrogen-bond acceptors (Lipinski definition) is 3. The second-order valence-electron chi connectivity index (χ2n) is 5.60. The summed E-state index contributed by atoms with van der Waals surface area (Å²) < 4.78 is 27.0.